The highest BCUT2D eigenvalue weighted by molar-refractivity contribution is 5.87. The van der Waals surface area contributed by atoms with Crippen molar-refractivity contribution in [1.29, 1.82) is 0 Å². The van der Waals surface area contributed by atoms with Crippen LogP contribution in [0, 0.1) is 0 Å². The quantitative estimate of drug-likeness (QED) is 0.277. The van der Waals surface area contributed by atoms with E-state index in [4.69, 9.17) is 14.1 Å². The van der Waals surface area contributed by atoms with E-state index >= 15 is 0 Å². The third-order valence-electron chi connectivity index (χ3n) is 6.35. The van der Waals surface area contributed by atoms with E-state index in [0.29, 0.717) is 39.1 Å². The molecule has 0 saturated carbocycles. The molecule has 7 rings (SSSR count). The standard InChI is InChI=1S/C27H14F3N5O4/c28-27(29,30)39-16-7-5-14(6-8-16)19-20-22(17-3-1-2-4-18(17)37-26(20)36)38-25-21(19)24-33-23(34-35(24)13-32-25)15-9-11-31-12-10-15/h1-13,19H. The topological polar surface area (TPSA) is 105 Å². The third kappa shape index (κ3) is 3.84. The third-order valence-corrected chi connectivity index (χ3v) is 6.35. The molecule has 0 amide bonds. The normalized spacial score (nSPS) is 14.6. The Labute approximate surface area is 216 Å². The Hall–Kier alpha value is -5.26. The molecule has 5 heterocycles. The number of ether oxygens (including phenoxy) is 2. The van der Waals surface area contributed by atoms with Gasteiger partial charge in [-0.05, 0) is 42.0 Å². The summed E-state index contributed by atoms with van der Waals surface area (Å²) in [5.74, 6) is -0.435. The van der Waals surface area contributed by atoms with E-state index in [1.54, 1.807) is 48.8 Å². The van der Waals surface area contributed by atoms with Crippen LogP contribution in [0.4, 0.5) is 13.2 Å². The van der Waals surface area contributed by atoms with Gasteiger partial charge in [0.25, 0.3) is 0 Å². The highest BCUT2D eigenvalue weighted by Gasteiger charge is 2.38. The molecule has 6 aromatic rings. The van der Waals surface area contributed by atoms with Crippen LogP contribution in [0.3, 0.4) is 0 Å². The zero-order valence-electron chi connectivity index (χ0n) is 19.6. The SMILES string of the molecule is O=c1oc2ccccc2c2c1C(c1ccc(OC(F)(F)F)cc1)c1c(ncn3nc(-c4ccncc4)nc13)O2. The molecule has 12 heteroatoms. The second-order valence-corrected chi connectivity index (χ2v) is 8.68. The summed E-state index contributed by atoms with van der Waals surface area (Å²) in [5, 5.41) is 5.06. The largest absolute Gasteiger partial charge is 0.573 e. The van der Waals surface area contributed by atoms with E-state index < -0.39 is 23.7 Å². The summed E-state index contributed by atoms with van der Waals surface area (Å²) >= 11 is 0. The van der Waals surface area contributed by atoms with Crippen LogP contribution in [-0.2, 0) is 0 Å². The van der Waals surface area contributed by atoms with E-state index in [9.17, 15) is 18.0 Å². The number of aromatic nitrogens is 5. The maximum atomic E-state index is 13.4. The summed E-state index contributed by atoms with van der Waals surface area (Å²) in [5.41, 5.74) is 1.76. The number of hydrogen-bond donors (Lipinski definition) is 0. The average molecular weight is 529 g/mol. The molecule has 0 aliphatic carbocycles. The molecule has 0 saturated heterocycles. The van der Waals surface area contributed by atoms with Gasteiger partial charge in [-0.3, -0.25) is 4.98 Å². The molecular formula is C27H14F3N5O4. The van der Waals surface area contributed by atoms with Gasteiger partial charge in [0.2, 0.25) is 5.88 Å². The number of halogens is 3. The van der Waals surface area contributed by atoms with Crippen molar-refractivity contribution in [2.45, 2.75) is 12.3 Å². The van der Waals surface area contributed by atoms with Gasteiger partial charge < -0.3 is 13.9 Å². The monoisotopic (exact) mass is 529 g/mol. The zero-order chi connectivity index (χ0) is 26.7. The van der Waals surface area contributed by atoms with Crippen LogP contribution in [0.25, 0.3) is 28.0 Å². The van der Waals surface area contributed by atoms with Crippen LogP contribution in [0.15, 0.2) is 88.6 Å². The lowest BCUT2D eigenvalue weighted by atomic mass is 9.84. The van der Waals surface area contributed by atoms with Crippen molar-refractivity contribution in [2.75, 3.05) is 0 Å². The number of benzene rings is 2. The van der Waals surface area contributed by atoms with Crippen molar-refractivity contribution in [2.24, 2.45) is 0 Å². The minimum atomic E-state index is -4.85. The van der Waals surface area contributed by atoms with Crippen molar-refractivity contribution >= 4 is 16.6 Å². The summed E-state index contributed by atoms with van der Waals surface area (Å²) in [4.78, 5) is 26.6. The average Bonchev–Trinajstić information content (AvgIpc) is 3.37. The lowest BCUT2D eigenvalue weighted by Crippen LogP contribution is -2.22. The fourth-order valence-corrected chi connectivity index (χ4v) is 4.75. The van der Waals surface area contributed by atoms with Crippen LogP contribution in [0.2, 0.25) is 0 Å². The highest BCUT2D eigenvalue weighted by Crippen LogP contribution is 2.49. The Morgan fingerprint density at radius 3 is 2.49 bits per heavy atom. The number of fused-ring (bicyclic) bond motifs is 6. The Bertz CT molecular complexity index is 1940. The number of rotatable bonds is 3. The first-order valence-corrected chi connectivity index (χ1v) is 11.6. The van der Waals surface area contributed by atoms with E-state index in [0.717, 1.165) is 0 Å². The van der Waals surface area contributed by atoms with Crippen LogP contribution < -0.4 is 15.1 Å². The second kappa shape index (κ2) is 8.38. The molecule has 0 fully saturated rings. The van der Waals surface area contributed by atoms with Gasteiger partial charge in [0, 0.05) is 18.0 Å². The Kier molecular flexibility index (Phi) is 4.92. The summed E-state index contributed by atoms with van der Waals surface area (Å²) in [6.45, 7) is 0. The number of alkyl halides is 3. The minimum Gasteiger partial charge on any atom is -0.437 e. The van der Waals surface area contributed by atoms with Crippen LogP contribution >= 0.6 is 0 Å². The van der Waals surface area contributed by atoms with Crippen molar-refractivity contribution < 1.29 is 27.1 Å². The first kappa shape index (κ1) is 22.9. The van der Waals surface area contributed by atoms with Crippen LogP contribution in [-0.4, -0.2) is 30.9 Å². The summed E-state index contributed by atoms with van der Waals surface area (Å²) in [6, 6.07) is 15.6. The number of nitrogens with zero attached hydrogens (tertiary/aromatic N) is 5. The zero-order valence-corrected chi connectivity index (χ0v) is 19.6. The van der Waals surface area contributed by atoms with Crippen molar-refractivity contribution in [3.8, 4) is 28.8 Å². The number of para-hydroxylation sites is 1. The van der Waals surface area contributed by atoms with Gasteiger partial charge in [0.1, 0.15) is 17.7 Å². The summed E-state index contributed by atoms with van der Waals surface area (Å²) in [6.07, 6.45) is -0.183. The highest BCUT2D eigenvalue weighted by atomic mass is 19.4. The molecule has 2 aromatic carbocycles. The molecule has 192 valence electrons. The molecule has 0 bridgehead atoms. The molecule has 1 atom stereocenters. The maximum absolute atomic E-state index is 13.4. The molecule has 0 spiro atoms. The molecular weight excluding hydrogens is 515 g/mol. The number of hydrogen-bond acceptors (Lipinski definition) is 8. The first-order chi connectivity index (χ1) is 18.9. The summed E-state index contributed by atoms with van der Waals surface area (Å²) < 4.78 is 55.7. The van der Waals surface area contributed by atoms with Crippen LogP contribution in [0.1, 0.15) is 22.6 Å². The van der Waals surface area contributed by atoms with Crippen LogP contribution in [0.5, 0.6) is 17.4 Å². The molecule has 39 heavy (non-hydrogen) atoms. The van der Waals surface area contributed by atoms with Gasteiger partial charge in [-0.1, -0.05) is 24.3 Å². The van der Waals surface area contributed by atoms with Crippen molar-refractivity contribution in [1.82, 2.24) is 24.6 Å². The van der Waals surface area contributed by atoms with Gasteiger partial charge in [0.15, 0.2) is 17.2 Å². The fourth-order valence-electron chi connectivity index (χ4n) is 4.75. The molecule has 4 aromatic heterocycles. The Morgan fingerprint density at radius 1 is 0.949 bits per heavy atom. The van der Waals surface area contributed by atoms with Crippen molar-refractivity contribution in [3.05, 3.63) is 106 Å². The predicted octanol–water partition coefficient (Wildman–Crippen LogP) is 5.48. The molecule has 1 aliphatic rings. The summed E-state index contributed by atoms with van der Waals surface area (Å²) in [7, 11) is 0. The van der Waals surface area contributed by atoms with Gasteiger partial charge in [0.05, 0.1) is 22.4 Å². The van der Waals surface area contributed by atoms with E-state index in [-0.39, 0.29) is 17.2 Å². The lowest BCUT2D eigenvalue weighted by Gasteiger charge is -2.27. The Balaban J connectivity index is 1.49. The molecule has 0 radical (unpaired) electrons. The van der Waals surface area contributed by atoms with Crippen molar-refractivity contribution in [3.63, 3.8) is 0 Å². The lowest BCUT2D eigenvalue weighted by molar-refractivity contribution is -0.274. The van der Waals surface area contributed by atoms with Gasteiger partial charge in [-0.25, -0.2) is 19.3 Å². The molecule has 9 nitrogen and oxygen atoms in total. The number of pyridine rings is 1. The van der Waals surface area contributed by atoms with E-state index in [2.05, 4.69) is 19.8 Å². The predicted molar refractivity (Wildman–Crippen MR) is 131 cm³/mol. The fraction of sp³-hybridized carbons (Fsp3) is 0.0741. The first-order valence-electron chi connectivity index (χ1n) is 11.6. The Morgan fingerprint density at radius 2 is 1.72 bits per heavy atom. The maximum Gasteiger partial charge on any atom is 0.573 e. The molecule has 1 unspecified atom stereocenters. The molecule has 1 aliphatic heterocycles. The van der Waals surface area contributed by atoms with Gasteiger partial charge in [-0.15, -0.1) is 18.3 Å². The van der Waals surface area contributed by atoms with Gasteiger partial charge >= 0.3 is 12.0 Å². The van der Waals surface area contributed by atoms with Gasteiger partial charge in [-0.2, -0.15) is 0 Å². The molecule has 0 N–H and O–H groups in total. The second-order valence-electron chi connectivity index (χ2n) is 8.68. The van der Waals surface area contributed by atoms with E-state index in [1.165, 1.54) is 35.1 Å². The minimum absolute atomic E-state index is 0.161. The smallest absolute Gasteiger partial charge is 0.437 e. The van der Waals surface area contributed by atoms with E-state index in [1.807, 2.05) is 0 Å².